The predicted octanol–water partition coefficient (Wildman–Crippen LogP) is 5.07. The number of aliphatic hydroxyl groups excluding tert-OH is 1. The molecule has 0 aliphatic rings. The number of terminal acetylenes is 1. The summed E-state index contributed by atoms with van der Waals surface area (Å²) >= 11 is 0. The molecule has 1 nitrogen and oxygen atoms in total. The molecule has 1 unspecified atom stereocenters. The van der Waals surface area contributed by atoms with Gasteiger partial charge in [0.1, 0.15) is 0 Å². The standard InChI is InChI=1S/C17H32O/c1-3-4-5-6-7-8-9-10-11-12-13-14-15-16-17(2)18/h1,17-18H,4-16H2,2H3. The Bertz CT molecular complexity index is 190. The zero-order valence-electron chi connectivity index (χ0n) is 12.3. The van der Waals surface area contributed by atoms with Crippen LogP contribution in [0, 0.1) is 12.3 Å². The Balaban J connectivity index is 2.93. The highest BCUT2D eigenvalue weighted by molar-refractivity contribution is 4.82. The van der Waals surface area contributed by atoms with Crippen LogP contribution in [0.25, 0.3) is 0 Å². The molecule has 0 saturated heterocycles. The lowest BCUT2D eigenvalue weighted by atomic mass is 10.0. The van der Waals surface area contributed by atoms with Crippen LogP contribution in [-0.2, 0) is 0 Å². The van der Waals surface area contributed by atoms with E-state index in [-0.39, 0.29) is 6.10 Å². The van der Waals surface area contributed by atoms with Crippen molar-refractivity contribution in [3.05, 3.63) is 0 Å². The fourth-order valence-corrected chi connectivity index (χ4v) is 2.26. The molecule has 1 heteroatoms. The highest BCUT2D eigenvalue weighted by atomic mass is 16.3. The van der Waals surface area contributed by atoms with Crippen molar-refractivity contribution >= 4 is 0 Å². The number of rotatable bonds is 13. The van der Waals surface area contributed by atoms with Gasteiger partial charge in [-0.2, -0.15) is 0 Å². The molecule has 0 aromatic rings. The zero-order valence-corrected chi connectivity index (χ0v) is 12.3. The van der Waals surface area contributed by atoms with E-state index in [1.54, 1.807) is 0 Å². The third-order valence-electron chi connectivity index (χ3n) is 3.44. The average molecular weight is 252 g/mol. The molecule has 0 spiro atoms. The molecule has 0 amide bonds. The van der Waals surface area contributed by atoms with Crippen molar-refractivity contribution in [3.63, 3.8) is 0 Å². The van der Waals surface area contributed by atoms with Gasteiger partial charge < -0.3 is 5.11 Å². The van der Waals surface area contributed by atoms with Gasteiger partial charge in [0, 0.05) is 6.42 Å². The summed E-state index contributed by atoms with van der Waals surface area (Å²) in [4.78, 5) is 0. The quantitative estimate of drug-likeness (QED) is 0.358. The van der Waals surface area contributed by atoms with Crippen LogP contribution >= 0.6 is 0 Å². The van der Waals surface area contributed by atoms with Crippen LogP contribution < -0.4 is 0 Å². The first-order valence-electron chi connectivity index (χ1n) is 7.89. The van der Waals surface area contributed by atoms with E-state index < -0.39 is 0 Å². The van der Waals surface area contributed by atoms with Gasteiger partial charge in [-0.1, -0.05) is 64.2 Å². The molecule has 0 aliphatic heterocycles. The van der Waals surface area contributed by atoms with Crippen LogP contribution in [0.4, 0.5) is 0 Å². The third-order valence-corrected chi connectivity index (χ3v) is 3.44. The van der Waals surface area contributed by atoms with Crippen LogP contribution in [-0.4, -0.2) is 11.2 Å². The Hall–Kier alpha value is -0.480. The maximum Gasteiger partial charge on any atom is 0.0512 e. The van der Waals surface area contributed by atoms with Gasteiger partial charge in [0.2, 0.25) is 0 Å². The summed E-state index contributed by atoms with van der Waals surface area (Å²) in [6.07, 6.45) is 21.6. The molecule has 0 rings (SSSR count). The summed E-state index contributed by atoms with van der Waals surface area (Å²) in [6, 6.07) is 0. The molecule has 0 heterocycles. The fourth-order valence-electron chi connectivity index (χ4n) is 2.26. The maximum atomic E-state index is 9.12. The molecule has 1 N–H and O–H groups in total. The smallest absolute Gasteiger partial charge is 0.0512 e. The maximum absolute atomic E-state index is 9.12. The molecule has 18 heavy (non-hydrogen) atoms. The molecule has 0 radical (unpaired) electrons. The SMILES string of the molecule is C#CCCCCCCCCCCCCCC(C)O. The molecule has 106 valence electrons. The lowest BCUT2D eigenvalue weighted by molar-refractivity contribution is 0.180. The predicted molar refractivity (Wildman–Crippen MR) is 80.5 cm³/mol. The van der Waals surface area contributed by atoms with Gasteiger partial charge in [-0.05, 0) is 19.8 Å². The van der Waals surface area contributed by atoms with E-state index in [9.17, 15) is 0 Å². The highest BCUT2D eigenvalue weighted by Gasteiger charge is 1.96. The molecular formula is C17H32O. The summed E-state index contributed by atoms with van der Waals surface area (Å²) in [5.41, 5.74) is 0. The Morgan fingerprint density at radius 2 is 1.17 bits per heavy atom. The summed E-state index contributed by atoms with van der Waals surface area (Å²) < 4.78 is 0. The Morgan fingerprint density at radius 3 is 1.56 bits per heavy atom. The number of aliphatic hydroxyl groups is 1. The molecule has 0 aromatic heterocycles. The fraction of sp³-hybridized carbons (Fsp3) is 0.882. The van der Waals surface area contributed by atoms with Gasteiger partial charge in [0.15, 0.2) is 0 Å². The van der Waals surface area contributed by atoms with Crippen LogP contribution in [0.15, 0.2) is 0 Å². The average Bonchev–Trinajstić information content (AvgIpc) is 2.34. The largest absolute Gasteiger partial charge is 0.393 e. The second-order valence-corrected chi connectivity index (χ2v) is 5.48. The first-order chi connectivity index (χ1) is 8.77. The topological polar surface area (TPSA) is 20.2 Å². The molecule has 1 atom stereocenters. The van der Waals surface area contributed by atoms with E-state index in [1.165, 1.54) is 70.6 Å². The summed E-state index contributed by atoms with van der Waals surface area (Å²) in [5, 5.41) is 9.12. The highest BCUT2D eigenvalue weighted by Crippen LogP contribution is 2.12. The van der Waals surface area contributed by atoms with Gasteiger partial charge in [0.25, 0.3) is 0 Å². The second kappa shape index (κ2) is 14.6. The van der Waals surface area contributed by atoms with Crippen molar-refractivity contribution in [2.45, 2.75) is 96.5 Å². The van der Waals surface area contributed by atoms with E-state index in [2.05, 4.69) is 5.92 Å². The normalized spacial score (nSPS) is 12.3. The number of hydrogen-bond acceptors (Lipinski definition) is 1. The Labute approximate surface area is 114 Å². The van der Waals surface area contributed by atoms with Gasteiger partial charge in [-0.25, -0.2) is 0 Å². The molecule has 0 aromatic carbocycles. The van der Waals surface area contributed by atoms with Gasteiger partial charge in [-0.15, -0.1) is 12.3 Å². The van der Waals surface area contributed by atoms with Crippen LogP contribution in [0.1, 0.15) is 90.4 Å². The van der Waals surface area contributed by atoms with Crippen molar-refractivity contribution in [3.8, 4) is 12.3 Å². The van der Waals surface area contributed by atoms with Crippen LogP contribution in [0.3, 0.4) is 0 Å². The lowest BCUT2D eigenvalue weighted by Gasteiger charge is -2.04. The van der Waals surface area contributed by atoms with Crippen molar-refractivity contribution in [2.24, 2.45) is 0 Å². The van der Waals surface area contributed by atoms with Gasteiger partial charge in [0.05, 0.1) is 6.10 Å². The van der Waals surface area contributed by atoms with Crippen molar-refractivity contribution in [1.82, 2.24) is 0 Å². The first kappa shape index (κ1) is 17.5. The van der Waals surface area contributed by atoms with E-state index in [0.29, 0.717) is 0 Å². The Kier molecular flexibility index (Phi) is 14.2. The second-order valence-electron chi connectivity index (χ2n) is 5.48. The van der Waals surface area contributed by atoms with E-state index in [0.717, 1.165) is 12.8 Å². The number of unbranched alkanes of at least 4 members (excludes halogenated alkanes) is 11. The van der Waals surface area contributed by atoms with Gasteiger partial charge >= 0.3 is 0 Å². The zero-order chi connectivity index (χ0) is 13.5. The molecular weight excluding hydrogens is 220 g/mol. The summed E-state index contributed by atoms with van der Waals surface area (Å²) in [7, 11) is 0. The molecule has 0 fully saturated rings. The molecule has 0 aliphatic carbocycles. The van der Waals surface area contributed by atoms with E-state index >= 15 is 0 Å². The van der Waals surface area contributed by atoms with Crippen molar-refractivity contribution in [1.29, 1.82) is 0 Å². The molecule has 0 saturated carbocycles. The van der Waals surface area contributed by atoms with Gasteiger partial charge in [-0.3, -0.25) is 0 Å². The molecule has 0 bridgehead atoms. The van der Waals surface area contributed by atoms with Crippen molar-refractivity contribution in [2.75, 3.05) is 0 Å². The van der Waals surface area contributed by atoms with E-state index in [4.69, 9.17) is 11.5 Å². The first-order valence-corrected chi connectivity index (χ1v) is 7.89. The van der Waals surface area contributed by atoms with Crippen LogP contribution in [0.2, 0.25) is 0 Å². The lowest BCUT2D eigenvalue weighted by Crippen LogP contribution is -1.98. The van der Waals surface area contributed by atoms with Crippen molar-refractivity contribution < 1.29 is 5.11 Å². The minimum Gasteiger partial charge on any atom is -0.393 e. The van der Waals surface area contributed by atoms with E-state index in [1.807, 2.05) is 6.92 Å². The summed E-state index contributed by atoms with van der Waals surface area (Å²) in [5.74, 6) is 2.69. The minimum atomic E-state index is -0.112. The minimum absolute atomic E-state index is 0.112. The van der Waals surface area contributed by atoms with Crippen LogP contribution in [0.5, 0.6) is 0 Å². The third kappa shape index (κ3) is 15.5. The number of hydrogen-bond donors (Lipinski definition) is 1. The monoisotopic (exact) mass is 252 g/mol. The Morgan fingerprint density at radius 1 is 0.778 bits per heavy atom. The summed E-state index contributed by atoms with van der Waals surface area (Å²) in [6.45, 7) is 1.88.